The normalized spacial score (nSPS) is 38.0. The van der Waals surface area contributed by atoms with Crippen molar-refractivity contribution in [2.45, 2.75) is 102 Å². The lowest BCUT2D eigenvalue weighted by atomic mass is 9.65. The summed E-state index contributed by atoms with van der Waals surface area (Å²) in [6.07, 6.45) is 14.7. The number of hydrogen-bond acceptors (Lipinski definition) is 4. The molecule has 1 aromatic carbocycles. The van der Waals surface area contributed by atoms with Gasteiger partial charge in [-0.1, -0.05) is 25.5 Å². The third-order valence-electron chi connectivity index (χ3n) is 10.1. The average molecular weight is 461 g/mol. The number of nitrogens with zero attached hydrogens (tertiary/aromatic N) is 4. The van der Waals surface area contributed by atoms with Crippen molar-refractivity contribution in [1.82, 2.24) is 14.5 Å². The molecule has 3 aliphatic heterocycles. The second-order valence-corrected chi connectivity index (χ2v) is 12.4. The Bertz CT molecular complexity index is 1090. The van der Waals surface area contributed by atoms with Crippen molar-refractivity contribution >= 4 is 16.9 Å². The number of benzene rings is 1. The van der Waals surface area contributed by atoms with Gasteiger partial charge in [-0.15, -0.1) is 0 Å². The lowest BCUT2D eigenvalue weighted by Crippen LogP contribution is -2.59. The van der Waals surface area contributed by atoms with Gasteiger partial charge in [-0.3, -0.25) is 9.69 Å². The number of anilines is 1. The highest BCUT2D eigenvalue weighted by molar-refractivity contribution is 5.76. The van der Waals surface area contributed by atoms with Crippen molar-refractivity contribution < 1.29 is 0 Å². The highest BCUT2D eigenvalue weighted by atomic mass is 16.1. The molecule has 0 amide bonds. The quantitative estimate of drug-likeness (QED) is 0.617. The van der Waals surface area contributed by atoms with Crippen LogP contribution in [0.2, 0.25) is 0 Å². The third kappa shape index (κ3) is 3.53. The first-order valence-electron chi connectivity index (χ1n) is 14.2. The van der Waals surface area contributed by atoms with E-state index in [0.717, 1.165) is 60.8 Å². The molecule has 0 spiro atoms. The summed E-state index contributed by atoms with van der Waals surface area (Å²) in [6.45, 7) is 4.41. The van der Waals surface area contributed by atoms with Crippen molar-refractivity contribution in [3.63, 3.8) is 0 Å². The maximum Gasteiger partial charge on any atom is 0.294 e. The van der Waals surface area contributed by atoms with Crippen molar-refractivity contribution in [1.29, 1.82) is 0 Å². The fourth-order valence-corrected chi connectivity index (χ4v) is 8.83. The van der Waals surface area contributed by atoms with E-state index in [2.05, 4.69) is 45.6 Å². The molecule has 0 unspecified atom stereocenters. The van der Waals surface area contributed by atoms with Gasteiger partial charge >= 0.3 is 0 Å². The van der Waals surface area contributed by atoms with Gasteiger partial charge in [0.25, 0.3) is 5.56 Å². The van der Waals surface area contributed by atoms with E-state index in [0.29, 0.717) is 23.9 Å². The number of rotatable bonds is 3. The third-order valence-corrected chi connectivity index (χ3v) is 10.1. The standard InChI is InChI=1S/C29H40N4O/c1-19-12-20-14-21(13-19)16-24(15-20)32-22-6-4-7-23(32)18-25(17-22)33-27-9-3-2-8-26(27)30-28(29(33)34)31-10-5-11-31/h2-3,8-9,19-25H,4-7,10-18H2,1H3/t19-,20-,21+,22-,23+,24+,25+. The molecule has 5 heteroatoms. The van der Waals surface area contributed by atoms with Gasteiger partial charge in [-0.05, 0) is 94.1 Å². The number of aromatic nitrogens is 2. The molecule has 2 saturated carbocycles. The largest absolute Gasteiger partial charge is 0.352 e. The van der Waals surface area contributed by atoms with Crippen molar-refractivity contribution in [3.05, 3.63) is 34.6 Å². The molecule has 1 aromatic heterocycles. The van der Waals surface area contributed by atoms with E-state index >= 15 is 0 Å². The van der Waals surface area contributed by atoms with Crippen LogP contribution in [-0.2, 0) is 0 Å². The van der Waals surface area contributed by atoms with E-state index in [9.17, 15) is 4.79 Å². The lowest BCUT2D eigenvalue weighted by molar-refractivity contribution is -0.0524. The van der Waals surface area contributed by atoms with Crippen LogP contribution in [0.5, 0.6) is 0 Å². The Labute approximate surface area is 203 Å². The molecule has 7 rings (SSSR count). The van der Waals surface area contributed by atoms with Crippen LogP contribution in [0.1, 0.15) is 83.6 Å². The molecule has 4 heterocycles. The summed E-state index contributed by atoms with van der Waals surface area (Å²) in [6, 6.07) is 10.7. The summed E-state index contributed by atoms with van der Waals surface area (Å²) in [5, 5.41) is 0. The van der Waals surface area contributed by atoms with E-state index in [1.807, 2.05) is 0 Å². The van der Waals surface area contributed by atoms with Gasteiger partial charge < -0.3 is 9.47 Å². The topological polar surface area (TPSA) is 41.4 Å². The van der Waals surface area contributed by atoms with Crippen molar-refractivity contribution in [2.24, 2.45) is 17.8 Å². The molecule has 2 aliphatic carbocycles. The molecule has 5 fully saturated rings. The molecule has 2 aromatic rings. The predicted octanol–water partition coefficient (Wildman–Crippen LogP) is 5.38. The van der Waals surface area contributed by atoms with Crippen LogP contribution in [0.3, 0.4) is 0 Å². The van der Waals surface area contributed by atoms with E-state index in [4.69, 9.17) is 4.98 Å². The second kappa shape index (κ2) is 8.36. The molecule has 34 heavy (non-hydrogen) atoms. The van der Waals surface area contributed by atoms with Gasteiger partial charge in [0.2, 0.25) is 0 Å². The van der Waals surface area contributed by atoms with E-state index in [1.54, 1.807) is 0 Å². The zero-order valence-corrected chi connectivity index (χ0v) is 20.7. The number of piperidine rings is 2. The Hall–Kier alpha value is -1.88. The smallest absolute Gasteiger partial charge is 0.294 e. The number of para-hydroxylation sites is 2. The Morgan fingerprint density at radius 3 is 2.18 bits per heavy atom. The molecular weight excluding hydrogens is 420 g/mol. The highest BCUT2D eigenvalue weighted by Crippen LogP contribution is 2.48. The predicted molar refractivity (Wildman–Crippen MR) is 137 cm³/mol. The van der Waals surface area contributed by atoms with E-state index in [1.165, 1.54) is 57.8 Å². The van der Waals surface area contributed by atoms with Gasteiger partial charge in [-0.25, -0.2) is 4.98 Å². The molecule has 5 nitrogen and oxygen atoms in total. The summed E-state index contributed by atoms with van der Waals surface area (Å²) in [5.41, 5.74) is 2.16. The lowest BCUT2D eigenvalue weighted by Gasteiger charge is -2.56. The monoisotopic (exact) mass is 460 g/mol. The molecule has 0 N–H and O–H groups in total. The fourth-order valence-electron chi connectivity index (χ4n) is 8.83. The molecule has 3 saturated heterocycles. The highest BCUT2D eigenvalue weighted by Gasteiger charge is 2.46. The molecule has 0 radical (unpaired) electrons. The van der Waals surface area contributed by atoms with Gasteiger partial charge in [-0.2, -0.15) is 0 Å². The Balaban J connectivity index is 1.21. The summed E-state index contributed by atoms with van der Waals surface area (Å²) < 4.78 is 2.18. The Kier molecular flexibility index (Phi) is 5.26. The minimum atomic E-state index is 0.149. The van der Waals surface area contributed by atoms with Crippen LogP contribution in [-0.4, -0.2) is 45.7 Å². The average Bonchev–Trinajstić information content (AvgIpc) is 2.77. The Morgan fingerprint density at radius 1 is 0.794 bits per heavy atom. The van der Waals surface area contributed by atoms with Gasteiger partial charge in [0.1, 0.15) is 0 Å². The van der Waals surface area contributed by atoms with Crippen LogP contribution in [0.4, 0.5) is 5.82 Å². The van der Waals surface area contributed by atoms with E-state index < -0.39 is 0 Å². The van der Waals surface area contributed by atoms with Crippen LogP contribution >= 0.6 is 0 Å². The summed E-state index contributed by atoms with van der Waals surface area (Å²) >= 11 is 0. The van der Waals surface area contributed by atoms with E-state index in [-0.39, 0.29) is 5.56 Å². The van der Waals surface area contributed by atoms with Gasteiger partial charge in [0.05, 0.1) is 11.0 Å². The van der Waals surface area contributed by atoms with Crippen LogP contribution < -0.4 is 10.5 Å². The van der Waals surface area contributed by atoms with Crippen molar-refractivity contribution in [2.75, 3.05) is 18.0 Å². The summed E-state index contributed by atoms with van der Waals surface area (Å²) in [4.78, 5) is 23.8. The first-order valence-corrected chi connectivity index (χ1v) is 14.2. The minimum absolute atomic E-state index is 0.149. The minimum Gasteiger partial charge on any atom is -0.352 e. The molecule has 5 aliphatic rings. The molecule has 182 valence electrons. The number of hydrogen-bond donors (Lipinski definition) is 0. The van der Waals surface area contributed by atoms with Crippen LogP contribution in [0, 0.1) is 17.8 Å². The second-order valence-electron chi connectivity index (χ2n) is 12.4. The zero-order valence-electron chi connectivity index (χ0n) is 20.7. The Morgan fingerprint density at radius 2 is 1.50 bits per heavy atom. The summed E-state index contributed by atoms with van der Waals surface area (Å²) in [7, 11) is 0. The van der Waals surface area contributed by atoms with Gasteiger partial charge in [0, 0.05) is 37.3 Å². The first kappa shape index (κ1) is 21.4. The van der Waals surface area contributed by atoms with Crippen molar-refractivity contribution in [3.8, 4) is 0 Å². The number of fused-ring (bicyclic) bond motifs is 5. The van der Waals surface area contributed by atoms with Gasteiger partial charge in [0.15, 0.2) is 5.82 Å². The fraction of sp³-hybridized carbons (Fsp3) is 0.724. The molecule has 4 bridgehead atoms. The maximum atomic E-state index is 13.8. The molecular formula is C29H40N4O. The zero-order chi connectivity index (χ0) is 22.8. The van der Waals surface area contributed by atoms with Crippen LogP contribution in [0.25, 0.3) is 11.0 Å². The molecule has 7 atom stereocenters. The first-order chi connectivity index (χ1) is 16.6. The van der Waals surface area contributed by atoms with Crippen LogP contribution in [0.15, 0.2) is 29.1 Å². The SMILES string of the molecule is C[C@@H]1C[C@@H]2C[C@H](C1)C[C@@H](N1[C@@H]3CCC[C@H]1C[C@@H](n1c(=O)c(N4CCC4)nc4ccccc41)C3)C2. The summed E-state index contributed by atoms with van der Waals surface area (Å²) in [5.74, 6) is 3.53. The maximum absolute atomic E-state index is 13.8.